The molecule has 0 amide bonds. The summed E-state index contributed by atoms with van der Waals surface area (Å²) in [7, 11) is 0. The fourth-order valence-electron chi connectivity index (χ4n) is 2.46. The Hall–Kier alpha value is -3.40. The van der Waals surface area contributed by atoms with E-state index < -0.39 is 12.1 Å². The van der Waals surface area contributed by atoms with Crippen LogP contribution in [0.3, 0.4) is 0 Å². The second kappa shape index (κ2) is 7.45. The molecule has 0 saturated heterocycles. The number of aromatic hydroxyl groups is 1. The maximum atomic E-state index is 12.9. The highest BCUT2D eigenvalue weighted by molar-refractivity contribution is 6.02. The molecule has 0 radical (unpaired) electrons. The highest BCUT2D eigenvalue weighted by Gasteiger charge is 2.26. The van der Waals surface area contributed by atoms with Gasteiger partial charge in [0.15, 0.2) is 6.10 Å². The molecule has 1 atom stereocenters. The molecule has 0 heterocycles. The molecule has 124 valence electrons. The first kappa shape index (κ1) is 16.5. The van der Waals surface area contributed by atoms with Gasteiger partial charge in [-0.15, -0.1) is 0 Å². The lowest BCUT2D eigenvalue weighted by atomic mass is 10.00. The van der Waals surface area contributed by atoms with E-state index in [0.717, 1.165) is 0 Å². The lowest BCUT2D eigenvalue weighted by Gasteiger charge is -2.17. The van der Waals surface area contributed by atoms with Crippen LogP contribution in [0.1, 0.15) is 32.4 Å². The first-order chi connectivity index (χ1) is 12.1. The van der Waals surface area contributed by atoms with Crippen LogP contribution < -0.4 is 0 Å². The van der Waals surface area contributed by atoms with Gasteiger partial charge in [0, 0.05) is 11.1 Å². The highest BCUT2D eigenvalue weighted by atomic mass is 16.5. The Morgan fingerprint density at radius 3 is 2.00 bits per heavy atom. The number of hydrogen-bond donors (Lipinski definition) is 1. The minimum atomic E-state index is -1.06. The first-order valence-corrected chi connectivity index (χ1v) is 7.79. The number of carbonyl (C=O) groups excluding carboxylic acids is 2. The number of esters is 1. The third kappa shape index (κ3) is 3.93. The van der Waals surface area contributed by atoms with E-state index in [1.54, 1.807) is 54.6 Å². The predicted molar refractivity (Wildman–Crippen MR) is 93.5 cm³/mol. The van der Waals surface area contributed by atoms with Crippen molar-refractivity contribution in [2.75, 3.05) is 0 Å². The standard InChI is InChI=1S/C21H16O4/c22-18-13-7-12-17(14-18)21(24)25-20(16-10-5-2-6-11-16)19(23)15-8-3-1-4-9-15/h1-14,20,22H. The van der Waals surface area contributed by atoms with Crippen molar-refractivity contribution in [3.63, 3.8) is 0 Å². The van der Waals surface area contributed by atoms with Crippen molar-refractivity contribution in [2.45, 2.75) is 6.10 Å². The second-order valence-electron chi connectivity index (χ2n) is 5.48. The highest BCUT2D eigenvalue weighted by Crippen LogP contribution is 2.24. The van der Waals surface area contributed by atoms with Gasteiger partial charge in [-0.2, -0.15) is 0 Å². The Balaban J connectivity index is 1.92. The van der Waals surface area contributed by atoms with Gasteiger partial charge in [-0.05, 0) is 18.2 Å². The molecule has 4 heteroatoms. The van der Waals surface area contributed by atoms with E-state index in [-0.39, 0.29) is 17.1 Å². The molecule has 0 saturated carbocycles. The molecule has 1 N–H and O–H groups in total. The van der Waals surface area contributed by atoms with Gasteiger partial charge in [0.1, 0.15) is 5.75 Å². The molecule has 1 unspecified atom stereocenters. The first-order valence-electron chi connectivity index (χ1n) is 7.79. The Kier molecular flexibility index (Phi) is 4.90. The maximum absolute atomic E-state index is 12.9. The van der Waals surface area contributed by atoms with Crippen LogP contribution in [-0.4, -0.2) is 16.9 Å². The Bertz CT molecular complexity index is 873. The summed E-state index contributed by atoms with van der Waals surface area (Å²) in [4.78, 5) is 25.3. The molecule has 3 aromatic carbocycles. The number of ketones is 1. The van der Waals surface area contributed by atoms with E-state index in [1.165, 1.54) is 18.2 Å². The van der Waals surface area contributed by atoms with Crippen molar-refractivity contribution in [1.82, 2.24) is 0 Å². The zero-order valence-corrected chi connectivity index (χ0v) is 13.3. The van der Waals surface area contributed by atoms with Crippen LogP contribution in [-0.2, 0) is 4.74 Å². The van der Waals surface area contributed by atoms with Crippen molar-refractivity contribution in [3.05, 3.63) is 102 Å². The van der Waals surface area contributed by atoms with Crippen molar-refractivity contribution in [1.29, 1.82) is 0 Å². The van der Waals surface area contributed by atoms with Crippen LogP contribution in [0.25, 0.3) is 0 Å². The largest absolute Gasteiger partial charge is 0.508 e. The number of rotatable bonds is 5. The van der Waals surface area contributed by atoms with Crippen molar-refractivity contribution in [2.24, 2.45) is 0 Å². The van der Waals surface area contributed by atoms with Crippen LogP contribution in [0.5, 0.6) is 5.75 Å². The lowest BCUT2D eigenvalue weighted by Crippen LogP contribution is -2.20. The normalized spacial score (nSPS) is 11.5. The van der Waals surface area contributed by atoms with Gasteiger partial charge in [0.25, 0.3) is 0 Å². The van der Waals surface area contributed by atoms with E-state index in [1.807, 2.05) is 12.1 Å². The van der Waals surface area contributed by atoms with E-state index in [4.69, 9.17) is 4.74 Å². The van der Waals surface area contributed by atoms with Crippen LogP contribution in [0.4, 0.5) is 0 Å². The number of carbonyl (C=O) groups is 2. The number of hydrogen-bond acceptors (Lipinski definition) is 4. The third-order valence-electron chi connectivity index (χ3n) is 3.71. The molecule has 0 aliphatic rings. The van der Waals surface area contributed by atoms with Gasteiger partial charge in [0.2, 0.25) is 5.78 Å². The molecule has 0 bridgehead atoms. The number of phenolic OH excluding ortho intramolecular Hbond substituents is 1. The molecular weight excluding hydrogens is 316 g/mol. The van der Waals surface area contributed by atoms with Gasteiger partial charge in [0.05, 0.1) is 5.56 Å². The average Bonchev–Trinajstić information content (AvgIpc) is 2.67. The minimum absolute atomic E-state index is 0.0416. The van der Waals surface area contributed by atoms with E-state index in [2.05, 4.69) is 0 Å². The quantitative estimate of drug-likeness (QED) is 0.562. The number of ether oxygens (including phenoxy) is 1. The smallest absolute Gasteiger partial charge is 0.339 e. The summed E-state index contributed by atoms with van der Waals surface area (Å²) >= 11 is 0. The van der Waals surface area contributed by atoms with E-state index in [9.17, 15) is 14.7 Å². The molecule has 25 heavy (non-hydrogen) atoms. The number of benzene rings is 3. The van der Waals surface area contributed by atoms with Crippen LogP contribution in [0.2, 0.25) is 0 Å². The Labute approximate surface area is 145 Å². The third-order valence-corrected chi connectivity index (χ3v) is 3.71. The maximum Gasteiger partial charge on any atom is 0.339 e. The van der Waals surface area contributed by atoms with Crippen molar-refractivity contribution in [3.8, 4) is 5.75 Å². The van der Waals surface area contributed by atoms with Crippen molar-refractivity contribution < 1.29 is 19.4 Å². The lowest BCUT2D eigenvalue weighted by molar-refractivity contribution is 0.0279. The predicted octanol–water partition coefficient (Wildman–Crippen LogP) is 4.17. The van der Waals surface area contributed by atoms with Gasteiger partial charge in [-0.3, -0.25) is 4.79 Å². The summed E-state index contributed by atoms with van der Waals surface area (Å²) in [5.74, 6) is -1.02. The van der Waals surface area contributed by atoms with Crippen molar-refractivity contribution >= 4 is 11.8 Å². The van der Waals surface area contributed by atoms with Gasteiger partial charge < -0.3 is 9.84 Å². The summed E-state index contributed by atoms with van der Waals surface area (Å²) in [6.45, 7) is 0. The summed E-state index contributed by atoms with van der Waals surface area (Å²) in [6, 6.07) is 23.4. The van der Waals surface area contributed by atoms with Gasteiger partial charge in [-0.25, -0.2) is 4.79 Å². The summed E-state index contributed by atoms with van der Waals surface area (Å²) in [5.41, 5.74) is 1.23. The molecular formula is C21H16O4. The van der Waals surface area contributed by atoms with Gasteiger partial charge in [-0.1, -0.05) is 66.7 Å². The van der Waals surface area contributed by atoms with E-state index in [0.29, 0.717) is 11.1 Å². The van der Waals surface area contributed by atoms with Crippen LogP contribution >= 0.6 is 0 Å². The van der Waals surface area contributed by atoms with Gasteiger partial charge >= 0.3 is 5.97 Å². The zero-order valence-electron chi connectivity index (χ0n) is 13.3. The van der Waals surface area contributed by atoms with Crippen LogP contribution in [0, 0.1) is 0 Å². The topological polar surface area (TPSA) is 63.6 Å². The Morgan fingerprint density at radius 1 is 0.760 bits per heavy atom. The minimum Gasteiger partial charge on any atom is -0.508 e. The molecule has 0 fully saturated rings. The molecule has 0 aliphatic heterocycles. The second-order valence-corrected chi connectivity index (χ2v) is 5.48. The molecule has 0 aliphatic carbocycles. The number of Topliss-reactive ketones (excluding diaryl/α,β-unsaturated/α-hetero) is 1. The van der Waals surface area contributed by atoms with E-state index >= 15 is 0 Å². The molecule has 3 aromatic rings. The Morgan fingerprint density at radius 2 is 1.36 bits per heavy atom. The van der Waals surface area contributed by atoms with Crippen LogP contribution in [0.15, 0.2) is 84.9 Å². The zero-order chi connectivity index (χ0) is 17.6. The molecule has 0 aromatic heterocycles. The summed E-state index contributed by atoms with van der Waals surface area (Å²) in [6.07, 6.45) is -1.06. The fourth-order valence-corrected chi connectivity index (χ4v) is 2.46. The molecule has 4 nitrogen and oxygen atoms in total. The summed E-state index contributed by atoms with van der Waals surface area (Å²) in [5, 5.41) is 9.53. The monoisotopic (exact) mass is 332 g/mol. The summed E-state index contributed by atoms with van der Waals surface area (Å²) < 4.78 is 5.49. The fraction of sp³-hybridized carbons (Fsp3) is 0.0476. The molecule has 0 spiro atoms. The number of phenols is 1. The SMILES string of the molecule is O=C(OC(C(=O)c1ccccc1)c1ccccc1)c1cccc(O)c1. The average molecular weight is 332 g/mol. The molecule has 3 rings (SSSR count).